The molecule has 1 amide bonds. The van der Waals surface area contributed by atoms with E-state index in [4.69, 9.17) is 4.74 Å². The Morgan fingerprint density at radius 2 is 1.95 bits per heavy atom. The molecule has 0 atom stereocenters. The number of ether oxygens (including phenoxy) is 1. The van der Waals surface area contributed by atoms with Gasteiger partial charge in [0.2, 0.25) is 0 Å². The molecule has 5 heteroatoms. The summed E-state index contributed by atoms with van der Waals surface area (Å²) in [6.45, 7) is 9.02. The van der Waals surface area contributed by atoms with Crippen LogP contribution in [0.3, 0.4) is 0 Å². The zero-order chi connectivity index (χ0) is 16.8. The van der Waals surface area contributed by atoms with E-state index >= 15 is 0 Å². The molecule has 0 radical (unpaired) electrons. The van der Waals surface area contributed by atoms with Crippen molar-refractivity contribution in [3.8, 4) is 0 Å². The largest absolute Gasteiger partial charge is 0.478 e. The lowest BCUT2D eigenvalue weighted by Crippen LogP contribution is -2.32. The lowest BCUT2D eigenvalue weighted by atomic mass is 9.99. The summed E-state index contributed by atoms with van der Waals surface area (Å²) in [4.78, 5) is 23.0. The minimum atomic E-state index is -1.05. The number of benzene rings is 1. The summed E-state index contributed by atoms with van der Waals surface area (Å²) >= 11 is 0. The molecule has 2 N–H and O–H groups in total. The van der Waals surface area contributed by atoms with Crippen LogP contribution in [-0.2, 0) is 16.1 Å². The first-order chi connectivity index (χ1) is 10.2. The number of rotatable bonds is 5. The molecule has 22 heavy (non-hydrogen) atoms. The van der Waals surface area contributed by atoms with Crippen LogP contribution in [0.5, 0.6) is 0 Å². The summed E-state index contributed by atoms with van der Waals surface area (Å²) in [6, 6.07) is 6.97. The van der Waals surface area contributed by atoms with Crippen molar-refractivity contribution in [3.63, 3.8) is 0 Å². The maximum Gasteiger partial charge on any atom is 0.407 e. The number of carboxylic acids is 1. The SMILES string of the molecule is C=CC=C(C(=O)O)c1ccccc1CNC(=O)OC(C)(C)C. The van der Waals surface area contributed by atoms with E-state index in [-0.39, 0.29) is 12.1 Å². The number of amides is 1. The van der Waals surface area contributed by atoms with E-state index in [0.29, 0.717) is 11.1 Å². The van der Waals surface area contributed by atoms with Crippen LogP contribution >= 0.6 is 0 Å². The zero-order valence-corrected chi connectivity index (χ0v) is 13.1. The van der Waals surface area contributed by atoms with E-state index in [2.05, 4.69) is 11.9 Å². The first-order valence-corrected chi connectivity index (χ1v) is 6.85. The summed E-state index contributed by atoms with van der Waals surface area (Å²) in [5, 5.41) is 11.9. The number of hydrogen-bond acceptors (Lipinski definition) is 3. The minimum Gasteiger partial charge on any atom is -0.478 e. The number of nitrogens with one attached hydrogen (secondary N) is 1. The Morgan fingerprint density at radius 1 is 1.32 bits per heavy atom. The quantitative estimate of drug-likeness (QED) is 0.646. The number of aliphatic carboxylic acids is 1. The third-order valence-corrected chi connectivity index (χ3v) is 2.64. The topological polar surface area (TPSA) is 75.6 Å². The lowest BCUT2D eigenvalue weighted by molar-refractivity contribution is -0.130. The van der Waals surface area contributed by atoms with Gasteiger partial charge in [-0.1, -0.05) is 36.9 Å². The van der Waals surface area contributed by atoms with Gasteiger partial charge in [0.05, 0.1) is 5.57 Å². The van der Waals surface area contributed by atoms with Gasteiger partial charge in [0.1, 0.15) is 5.60 Å². The molecular formula is C17H21NO4. The normalized spacial score (nSPS) is 11.7. The van der Waals surface area contributed by atoms with Gasteiger partial charge < -0.3 is 15.2 Å². The molecule has 1 aromatic rings. The number of hydrogen-bond donors (Lipinski definition) is 2. The molecule has 0 fully saturated rings. The molecule has 1 rings (SSSR count). The van der Waals surface area contributed by atoms with Crippen molar-refractivity contribution in [2.75, 3.05) is 0 Å². The predicted octanol–water partition coefficient (Wildman–Crippen LogP) is 3.37. The second kappa shape index (κ2) is 7.45. The van der Waals surface area contributed by atoms with Gasteiger partial charge in [0, 0.05) is 6.54 Å². The highest BCUT2D eigenvalue weighted by molar-refractivity contribution is 6.16. The first kappa shape index (κ1) is 17.5. The van der Waals surface area contributed by atoms with Crippen molar-refractivity contribution in [3.05, 3.63) is 54.1 Å². The van der Waals surface area contributed by atoms with Crippen molar-refractivity contribution < 1.29 is 19.4 Å². The molecule has 0 saturated heterocycles. The van der Waals surface area contributed by atoms with Crippen LogP contribution in [0.1, 0.15) is 31.9 Å². The third kappa shape index (κ3) is 5.44. The van der Waals surface area contributed by atoms with Gasteiger partial charge in [-0.3, -0.25) is 0 Å². The molecule has 5 nitrogen and oxygen atoms in total. The molecule has 1 aromatic carbocycles. The zero-order valence-electron chi connectivity index (χ0n) is 13.1. The molecule has 0 aliphatic heterocycles. The Labute approximate surface area is 130 Å². The van der Waals surface area contributed by atoms with Crippen LogP contribution in [0.4, 0.5) is 4.79 Å². The van der Waals surface area contributed by atoms with Gasteiger partial charge in [-0.25, -0.2) is 9.59 Å². The van der Waals surface area contributed by atoms with Crippen LogP contribution in [0.25, 0.3) is 5.57 Å². The highest BCUT2D eigenvalue weighted by atomic mass is 16.6. The van der Waals surface area contributed by atoms with Crippen LogP contribution in [-0.4, -0.2) is 22.8 Å². The highest BCUT2D eigenvalue weighted by Gasteiger charge is 2.17. The molecule has 0 unspecified atom stereocenters. The maximum absolute atomic E-state index is 11.7. The third-order valence-electron chi connectivity index (χ3n) is 2.64. The van der Waals surface area contributed by atoms with E-state index < -0.39 is 17.7 Å². The fourth-order valence-corrected chi connectivity index (χ4v) is 1.81. The van der Waals surface area contributed by atoms with Gasteiger partial charge in [0.15, 0.2) is 0 Å². The number of allylic oxidation sites excluding steroid dienone is 2. The number of alkyl carbamates (subject to hydrolysis) is 1. The van der Waals surface area contributed by atoms with Crippen LogP contribution < -0.4 is 5.32 Å². The molecule has 0 heterocycles. The average molecular weight is 303 g/mol. The fraction of sp³-hybridized carbons (Fsp3) is 0.294. The average Bonchev–Trinajstić information content (AvgIpc) is 2.41. The predicted molar refractivity (Wildman–Crippen MR) is 85.3 cm³/mol. The Balaban J connectivity index is 2.93. The standard InChI is InChI=1S/C17H21NO4/c1-5-8-14(15(19)20)13-10-7-6-9-12(13)11-18-16(21)22-17(2,3)4/h5-10H,1,11H2,2-4H3,(H,18,21)(H,19,20). The van der Waals surface area contributed by atoms with Crippen molar-refractivity contribution in [2.45, 2.75) is 32.9 Å². The second-order valence-electron chi connectivity index (χ2n) is 5.63. The number of carboxylic acid groups (broad SMARTS) is 1. The van der Waals surface area contributed by atoms with Crippen molar-refractivity contribution in [1.82, 2.24) is 5.32 Å². The van der Waals surface area contributed by atoms with Gasteiger partial charge in [0.25, 0.3) is 0 Å². The molecule has 0 aliphatic carbocycles. The smallest absolute Gasteiger partial charge is 0.407 e. The van der Waals surface area contributed by atoms with Crippen molar-refractivity contribution in [1.29, 1.82) is 0 Å². The highest BCUT2D eigenvalue weighted by Crippen LogP contribution is 2.20. The van der Waals surface area contributed by atoms with Gasteiger partial charge in [-0.2, -0.15) is 0 Å². The monoisotopic (exact) mass is 303 g/mol. The van der Waals surface area contributed by atoms with Crippen molar-refractivity contribution in [2.24, 2.45) is 0 Å². The van der Waals surface area contributed by atoms with Gasteiger partial charge in [-0.05, 0) is 38.0 Å². The summed E-state index contributed by atoms with van der Waals surface area (Å²) in [5.74, 6) is -1.05. The Bertz CT molecular complexity index is 597. The van der Waals surface area contributed by atoms with Gasteiger partial charge >= 0.3 is 12.1 Å². The molecule has 0 aliphatic rings. The van der Waals surface area contributed by atoms with Gasteiger partial charge in [-0.15, -0.1) is 0 Å². The molecular weight excluding hydrogens is 282 g/mol. The molecule has 118 valence electrons. The Hall–Kier alpha value is -2.56. The van der Waals surface area contributed by atoms with Crippen LogP contribution in [0.15, 0.2) is 43.0 Å². The minimum absolute atomic E-state index is 0.122. The van der Waals surface area contributed by atoms with Crippen LogP contribution in [0, 0.1) is 0 Å². The summed E-state index contributed by atoms with van der Waals surface area (Å²) in [5.41, 5.74) is 0.755. The van der Waals surface area contributed by atoms with E-state index in [1.54, 1.807) is 45.0 Å². The van der Waals surface area contributed by atoms with Crippen molar-refractivity contribution >= 4 is 17.6 Å². The lowest BCUT2D eigenvalue weighted by Gasteiger charge is -2.20. The van der Waals surface area contributed by atoms with Crippen LogP contribution in [0.2, 0.25) is 0 Å². The molecule has 0 spiro atoms. The van der Waals surface area contributed by atoms with E-state index in [1.165, 1.54) is 12.2 Å². The second-order valence-corrected chi connectivity index (χ2v) is 5.63. The summed E-state index contributed by atoms with van der Waals surface area (Å²) in [6.07, 6.45) is 2.29. The Kier molecular flexibility index (Phi) is 5.92. The molecule has 0 saturated carbocycles. The number of carbonyl (C=O) groups excluding carboxylic acids is 1. The van der Waals surface area contributed by atoms with E-state index in [0.717, 1.165) is 0 Å². The number of carbonyl (C=O) groups is 2. The Morgan fingerprint density at radius 3 is 2.50 bits per heavy atom. The molecule has 0 aromatic heterocycles. The van der Waals surface area contributed by atoms with E-state index in [1.807, 2.05) is 0 Å². The summed E-state index contributed by atoms with van der Waals surface area (Å²) in [7, 11) is 0. The summed E-state index contributed by atoms with van der Waals surface area (Å²) < 4.78 is 5.16. The van der Waals surface area contributed by atoms with E-state index in [9.17, 15) is 14.7 Å². The maximum atomic E-state index is 11.7. The first-order valence-electron chi connectivity index (χ1n) is 6.85. The molecule has 0 bridgehead atoms. The fourth-order valence-electron chi connectivity index (χ4n) is 1.81.